The predicted molar refractivity (Wildman–Crippen MR) is 111 cm³/mol. The maximum Gasteiger partial charge on any atom is 0.329 e. The first-order valence-corrected chi connectivity index (χ1v) is 9.73. The Morgan fingerprint density at radius 3 is 2.74 bits per heavy atom. The van der Waals surface area contributed by atoms with E-state index in [0.717, 1.165) is 17.0 Å². The number of nitrogens with zero attached hydrogens (tertiary/aromatic N) is 2. The number of rotatable bonds is 6. The van der Waals surface area contributed by atoms with Gasteiger partial charge in [0.1, 0.15) is 23.1 Å². The van der Waals surface area contributed by atoms with Crippen molar-refractivity contribution in [1.82, 2.24) is 19.9 Å². The largest absolute Gasteiger partial charge is 0.464 e. The van der Waals surface area contributed by atoms with Crippen LogP contribution >= 0.6 is 0 Å². The molecule has 0 bridgehead atoms. The summed E-state index contributed by atoms with van der Waals surface area (Å²) in [4.78, 5) is 32.3. The van der Waals surface area contributed by atoms with E-state index in [1.165, 1.54) is 6.07 Å². The van der Waals surface area contributed by atoms with Crippen molar-refractivity contribution in [2.24, 2.45) is 7.05 Å². The molecule has 2 heterocycles. The van der Waals surface area contributed by atoms with Gasteiger partial charge in [-0.25, -0.2) is 18.6 Å². The number of imidazole rings is 1. The summed E-state index contributed by atoms with van der Waals surface area (Å²) in [6, 6.07) is 10.5. The van der Waals surface area contributed by atoms with Crippen LogP contribution in [0.3, 0.4) is 0 Å². The van der Waals surface area contributed by atoms with Crippen molar-refractivity contribution < 1.29 is 23.1 Å². The van der Waals surface area contributed by atoms with Crippen LogP contribution in [0.1, 0.15) is 23.2 Å². The topological polar surface area (TPSA) is 89.0 Å². The minimum absolute atomic E-state index is 0.0791. The highest BCUT2D eigenvalue weighted by molar-refractivity contribution is 6.00. The normalized spacial score (nSPS) is 12.3. The van der Waals surface area contributed by atoms with E-state index in [4.69, 9.17) is 4.74 Å². The number of H-pyrrole nitrogens is 1. The molecule has 0 saturated carbocycles. The maximum absolute atomic E-state index is 14.0. The standard InChI is InChI=1S/C22H20F2N4O3/c1-3-31-22(30)15(11-18-25-14-9-8-13(23)19(24)20(14)27-18)26-21(29)17-10-12-6-4-5-7-16(12)28(17)2/h4-10,15H,3,11H2,1-2H3,(H,25,27)(H,26,29). The zero-order chi connectivity index (χ0) is 22.1. The van der Waals surface area contributed by atoms with Crippen molar-refractivity contribution in [1.29, 1.82) is 0 Å². The molecule has 0 spiro atoms. The molecule has 1 atom stereocenters. The average molecular weight is 426 g/mol. The Balaban J connectivity index is 1.62. The molecule has 160 valence electrons. The van der Waals surface area contributed by atoms with Crippen LogP contribution in [0.15, 0.2) is 42.5 Å². The smallest absolute Gasteiger partial charge is 0.329 e. The van der Waals surface area contributed by atoms with E-state index in [1.807, 2.05) is 24.3 Å². The fraction of sp³-hybridized carbons (Fsp3) is 0.227. The summed E-state index contributed by atoms with van der Waals surface area (Å²) in [5.41, 5.74) is 1.36. The van der Waals surface area contributed by atoms with Crippen LogP contribution in [-0.4, -0.2) is 39.1 Å². The van der Waals surface area contributed by atoms with Crippen LogP contribution in [0.5, 0.6) is 0 Å². The summed E-state index contributed by atoms with van der Waals surface area (Å²) in [6.07, 6.45) is -0.0791. The second-order valence-electron chi connectivity index (χ2n) is 7.07. The lowest BCUT2D eigenvalue weighted by Gasteiger charge is -2.16. The fourth-order valence-electron chi connectivity index (χ4n) is 3.53. The van der Waals surface area contributed by atoms with Crippen molar-refractivity contribution >= 4 is 33.8 Å². The average Bonchev–Trinajstić information content (AvgIpc) is 3.32. The molecule has 2 aromatic heterocycles. The number of aromatic nitrogens is 3. The van der Waals surface area contributed by atoms with Crippen LogP contribution in [-0.2, 0) is 23.0 Å². The van der Waals surface area contributed by atoms with Gasteiger partial charge in [0, 0.05) is 24.4 Å². The van der Waals surface area contributed by atoms with Gasteiger partial charge in [0.05, 0.1) is 12.1 Å². The number of amides is 1. The van der Waals surface area contributed by atoms with Gasteiger partial charge < -0.3 is 19.6 Å². The summed E-state index contributed by atoms with van der Waals surface area (Å²) >= 11 is 0. The van der Waals surface area contributed by atoms with Gasteiger partial charge in [-0.05, 0) is 31.2 Å². The maximum atomic E-state index is 14.0. The van der Waals surface area contributed by atoms with E-state index in [-0.39, 0.29) is 29.9 Å². The summed E-state index contributed by atoms with van der Waals surface area (Å²) < 4.78 is 34.3. The summed E-state index contributed by atoms with van der Waals surface area (Å²) in [7, 11) is 1.76. The second-order valence-corrected chi connectivity index (χ2v) is 7.07. The molecule has 2 aromatic carbocycles. The number of nitrogens with one attached hydrogen (secondary N) is 2. The van der Waals surface area contributed by atoms with Crippen molar-refractivity contribution in [2.75, 3.05) is 6.61 Å². The Kier molecular flexibility index (Phi) is 5.41. The number of hydrogen-bond donors (Lipinski definition) is 2. The van der Waals surface area contributed by atoms with E-state index in [9.17, 15) is 18.4 Å². The Morgan fingerprint density at radius 1 is 1.23 bits per heavy atom. The Bertz CT molecular complexity index is 1290. The van der Waals surface area contributed by atoms with Crippen molar-refractivity contribution in [3.05, 3.63) is 65.6 Å². The van der Waals surface area contributed by atoms with Crippen LogP contribution in [0.4, 0.5) is 8.78 Å². The predicted octanol–water partition coefficient (Wildman–Crippen LogP) is 3.24. The molecule has 7 nitrogen and oxygen atoms in total. The molecule has 0 fully saturated rings. The van der Waals surface area contributed by atoms with Gasteiger partial charge in [-0.2, -0.15) is 0 Å². The van der Waals surface area contributed by atoms with Gasteiger partial charge in [0.25, 0.3) is 5.91 Å². The molecule has 0 aliphatic rings. The number of aromatic amines is 1. The molecule has 1 unspecified atom stereocenters. The highest BCUT2D eigenvalue weighted by Gasteiger charge is 2.26. The monoisotopic (exact) mass is 426 g/mol. The molecule has 31 heavy (non-hydrogen) atoms. The SMILES string of the molecule is CCOC(=O)C(Cc1nc2c(F)c(F)ccc2[nH]1)NC(=O)c1cc2ccccc2n1C. The minimum Gasteiger partial charge on any atom is -0.464 e. The quantitative estimate of drug-likeness (QED) is 0.464. The van der Waals surface area contributed by atoms with E-state index < -0.39 is 29.6 Å². The van der Waals surface area contributed by atoms with Crippen molar-refractivity contribution in [3.8, 4) is 0 Å². The number of fused-ring (bicyclic) bond motifs is 2. The van der Waals surface area contributed by atoms with Crippen LogP contribution in [0.2, 0.25) is 0 Å². The third-order valence-electron chi connectivity index (χ3n) is 5.05. The number of aryl methyl sites for hydroxylation is 1. The van der Waals surface area contributed by atoms with Crippen molar-refractivity contribution in [2.45, 2.75) is 19.4 Å². The third kappa shape index (κ3) is 3.86. The number of benzene rings is 2. The molecule has 0 aliphatic carbocycles. The number of ether oxygens (including phenoxy) is 1. The molecule has 0 aliphatic heterocycles. The van der Waals surface area contributed by atoms with Crippen LogP contribution < -0.4 is 5.32 Å². The van der Waals surface area contributed by atoms with Gasteiger partial charge in [-0.1, -0.05) is 18.2 Å². The van der Waals surface area contributed by atoms with E-state index >= 15 is 0 Å². The van der Waals surface area contributed by atoms with E-state index in [2.05, 4.69) is 15.3 Å². The zero-order valence-corrected chi connectivity index (χ0v) is 16.9. The number of halogens is 2. The third-order valence-corrected chi connectivity index (χ3v) is 5.05. The number of esters is 1. The van der Waals surface area contributed by atoms with Gasteiger partial charge in [-0.15, -0.1) is 0 Å². The lowest BCUT2D eigenvalue weighted by molar-refractivity contribution is -0.145. The van der Waals surface area contributed by atoms with Gasteiger partial charge >= 0.3 is 5.97 Å². The van der Waals surface area contributed by atoms with Crippen molar-refractivity contribution in [3.63, 3.8) is 0 Å². The molecule has 0 radical (unpaired) electrons. The number of carbonyl (C=O) groups excluding carboxylic acids is 2. The molecular formula is C22H20F2N4O3. The van der Waals surface area contributed by atoms with Crippen LogP contribution in [0.25, 0.3) is 21.9 Å². The highest BCUT2D eigenvalue weighted by Crippen LogP contribution is 2.20. The molecule has 0 saturated heterocycles. The first-order chi connectivity index (χ1) is 14.9. The molecular weight excluding hydrogens is 406 g/mol. The summed E-state index contributed by atoms with van der Waals surface area (Å²) in [5.74, 6) is -2.99. The molecule has 4 aromatic rings. The molecule has 1 amide bonds. The number of hydrogen-bond acceptors (Lipinski definition) is 4. The van der Waals surface area contributed by atoms with E-state index in [0.29, 0.717) is 5.69 Å². The molecule has 2 N–H and O–H groups in total. The number of carbonyl (C=O) groups is 2. The lowest BCUT2D eigenvalue weighted by Crippen LogP contribution is -2.44. The molecule has 9 heteroatoms. The highest BCUT2D eigenvalue weighted by atomic mass is 19.2. The van der Waals surface area contributed by atoms with Crippen LogP contribution in [0, 0.1) is 11.6 Å². The Labute approximate surface area is 176 Å². The van der Waals surface area contributed by atoms with Gasteiger partial charge in [0.2, 0.25) is 0 Å². The van der Waals surface area contributed by atoms with E-state index in [1.54, 1.807) is 24.6 Å². The van der Waals surface area contributed by atoms with Gasteiger partial charge in [-0.3, -0.25) is 4.79 Å². The molecule has 4 rings (SSSR count). The number of para-hydroxylation sites is 1. The Hall–Kier alpha value is -3.75. The Morgan fingerprint density at radius 2 is 2.00 bits per heavy atom. The summed E-state index contributed by atoms with van der Waals surface area (Å²) in [6.45, 7) is 1.78. The second kappa shape index (κ2) is 8.17. The lowest BCUT2D eigenvalue weighted by atomic mass is 10.2. The zero-order valence-electron chi connectivity index (χ0n) is 16.9. The van der Waals surface area contributed by atoms with Gasteiger partial charge in [0.15, 0.2) is 11.6 Å². The fourth-order valence-corrected chi connectivity index (χ4v) is 3.53. The first kappa shape index (κ1) is 20.5. The first-order valence-electron chi connectivity index (χ1n) is 9.73. The summed E-state index contributed by atoms with van der Waals surface area (Å²) in [5, 5.41) is 3.56. The minimum atomic E-state index is -1.08.